The van der Waals surface area contributed by atoms with Crippen LogP contribution in [0.5, 0.6) is 0 Å². The Morgan fingerprint density at radius 3 is 2.51 bits per heavy atom. The number of carbonyl (C=O) groups is 1. The predicted octanol–water partition coefficient (Wildman–Crippen LogP) is 3.91. The standard InChI is InChI=1S/C16H19FN4.C11H12N2O/c1-10-8-12(4-5-13(10)17)16-15(11(2)18)14-9-20(3)6-7-21(14)19-16;1-11(2,13-8-14)10-5-3-9(7-12)4-6-10/h4-5,8H,2,6-7,9,18H2,1,3H3;3-6,8H,1-2H3,(H,13,14). The third-order valence-corrected chi connectivity index (χ3v) is 6.08. The van der Waals surface area contributed by atoms with Gasteiger partial charge in [0.15, 0.2) is 0 Å². The molecule has 0 aliphatic carbocycles. The van der Waals surface area contributed by atoms with Crippen molar-refractivity contribution in [1.29, 1.82) is 5.26 Å². The Bertz CT molecular complexity index is 1270. The zero-order valence-electron chi connectivity index (χ0n) is 20.6. The van der Waals surface area contributed by atoms with Crippen LogP contribution in [0.3, 0.4) is 0 Å². The summed E-state index contributed by atoms with van der Waals surface area (Å²) in [6.07, 6.45) is 0.679. The summed E-state index contributed by atoms with van der Waals surface area (Å²) in [6, 6.07) is 14.2. The average molecular weight is 475 g/mol. The molecule has 1 aliphatic rings. The van der Waals surface area contributed by atoms with Gasteiger partial charge in [-0.1, -0.05) is 18.7 Å². The largest absolute Gasteiger partial charge is 0.399 e. The summed E-state index contributed by atoms with van der Waals surface area (Å²) in [4.78, 5) is 12.6. The Hall–Kier alpha value is -3.96. The van der Waals surface area contributed by atoms with E-state index in [9.17, 15) is 9.18 Å². The van der Waals surface area contributed by atoms with Crippen molar-refractivity contribution in [2.24, 2.45) is 5.73 Å². The molecule has 3 N–H and O–H groups in total. The number of hydrogen-bond acceptors (Lipinski definition) is 5. The number of nitrogens with zero attached hydrogens (tertiary/aromatic N) is 4. The van der Waals surface area contributed by atoms with E-state index in [4.69, 9.17) is 11.0 Å². The highest BCUT2D eigenvalue weighted by atomic mass is 19.1. The van der Waals surface area contributed by atoms with Crippen LogP contribution in [-0.2, 0) is 23.4 Å². The second kappa shape index (κ2) is 10.5. The van der Waals surface area contributed by atoms with Gasteiger partial charge in [-0.25, -0.2) is 4.39 Å². The van der Waals surface area contributed by atoms with E-state index in [-0.39, 0.29) is 5.82 Å². The third-order valence-electron chi connectivity index (χ3n) is 6.08. The molecular formula is C27H31FN6O. The molecule has 0 bridgehead atoms. The van der Waals surface area contributed by atoms with Gasteiger partial charge < -0.3 is 11.1 Å². The van der Waals surface area contributed by atoms with E-state index in [0.717, 1.165) is 47.7 Å². The molecule has 3 aromatic rings. The molecule has 1 aromatic heterocycles. The summed E-state index contributed by atoms with van der Waals surface area (Å²) in [6.45, 7) is 12.0. The number of hydrogen-bond donors (Lipinski definition) is 2. The van der Waals surface area contributed by atoms with Crippen molar-refractivity contribution in [1.82, 2.24) is 20.0 Å². The molecule has 0 atom stereocenters. The molecule has 0 saturated heterocycles. The summed E-state index contributed by atoms with van der Waals surface area (Å²) in [7, 11) is 2.07. The second-order valence-electron chi connectivity index (χ2n) is 9.20. The first-order chi connectivity index (χ1) is 16.6. The van der Waals surface area contributed by atoms with Crippen LogP contribution in [-0.4, -0.2) is 34.7 Å². The monoisotopic (exact) mass is 474 g/mol. The van der Waals surface area contributed by atoms with E-state index < -0.39 is 5.54 Å². The molecular weight excluding hydrogens is 443 g/mol. The van der Waals surface area contributed by atoms with Crippen molar-refractivity contribution in [2.75, 3.05) is 13.6 Å². The normalized spacial score (nSPS) is 13.1. The number of fused-ring (bicyclic) bond motifs is 1. The quantitative estimate of drug-likeness (QED) is 0.546. The lowest BCUT2D eigenvalue weighted by molar-refractivity contribution is -0.111. The number of nitrogens with two attached hydrogens (primary N) is 1. The van der Waals surface area contributed by atoms with Crippen molar-refractivity contribution < 1.29 is 9.18 Å². The fraction of sp³-hybridized carbons (Fsp3) is 0.296. The number of nitriles is 1. The summed E-state index contributed by atoms with van der Waals surface area (Å²) in [5.74, 6) is -0.212. The summed E-state index contributed by atoms with van der Waals surface area (Å²) in [5, 5.41) is 16.0. The van der Waals surface area contributed by atoms with Gasteiger partial charge >= 0.3 is 0 Å². The van der Waals surface area contributed by atoms with Crippen molar-refractivity contribution in [3.8, 4) is 17.3 Å². The fourth-order valence-corrected chi connectivity index (χ4v) is 3.97. The number of benzene rings is 2. The Morgan fingerprint density at radius 2 is 1.94 bits per heavy atom. The van der Waals surface area contributed by atoms with E-state index in [1.54, 1.807) is 31.2 Å². The van der Waals surface area contributed by atoms with E-state index >= 15 is 0 Å². The second-order valence-corrected chi connectivity index (χ2v) is 9.20. The van der Waals surface area contributed by atoms with Crippen molar-refractivity contribution >= 4 is 12.1 Å². The fourth-order valence-electron chi connectivity index (χ4n) is 3.97. The molecule has 182 valence electrons. The van der Waals surface area contributed by atoms with Crippen LogP contribution in [0.25, 0.3) is 17.0 Å². The Balaban J connectivity index is 0.000000214. The molecule has 0 unspecified atom stereocenters. The molecule has 7 nitrogen and oxygen atoms in total. The molecule has 2 heterocycles. The zero-order valence-corrected chi connectivity index (χ0v) is 20.6. The highest BCUT2D eigenvalue weighted by Crippen LogP contribution is 2.31. The number of carbonyl (C=O) groups excluding carboxylic acids is 1. The Labute approximate surface area is 205 Å². The first-order valence-electron chi connectivity index (χ1n) is 11.3. The lowest BCUT2D eigenvalue weighted by Crippen LogP contribution is -2.35. The number of rotatable bonds is 5. The molecule has 4 rings (SSSR count). The molecule has 0 spiro atoms. The van der Waals surface area contributed by atoms with Crippen LogP contribution in [0.4, 0.5) is 4.39 Å². The molecule has 1 amide bonds. The maximum absolute atomic E-state index is 13.5. The lowest BCUT2D eigenvalue weighted by atomic mass is 9.94. The number of aryl methyl sites for hydroxylation is 1. The van der Waals surface area contributed by atoms with E-state index in [1.165, 1.54) is 6.07 Å². The van der Waals surface area contributed by atoms with E-state index in [2.05, 4.69) is 28.9 Å². The van der Waals surface area contributed by atoms with Gasteiger partial charge in [0.2, 0.25) is 6.41 Å². The molecule has 1 aliphatic heterocycles. The van der Waals surface area contributed by atoms with Gasteiger partial charge in [0, 0.05) is 29.9 Å². The highest BCUT2D eigenvalue weighted by Gasteiger charge is 2.24. The third kappa shape index (κ3) is 5.76. The maximum Gasteiger partial charge on any atom is 0.207 e. The van der Waals surface area contributed by atoms with Crippen LogP contribution in [0.1, 0.15) is 41.8 Å². The minimum Gasteiger partial charge on any atom is -0.399 e. The highest BCUT2D eigenvalue weighted by molar-refractivity contribution is 5.78. The van der Waals surface area contributed by atoms with Gasteiger partial charge in [-0.15, -0.1) is 0 Å². The average Bonchev–Trinajstić information content (AvgIpc) is 3.20. The van der Waals surface area contributed by atoms with Crippen LogP contribution >= 0.6 is 0 Å². The van der Waals surface area contributed by atoms with Crippen LogP contribution < -0.4 is 11.1 Å². The Morgan fingerprint density at radius 1 is 1.26 bits per heavy atom. The van der Waals surface area contributed by atoms with Crippen LogP contribution in [0, 0.1) is 24.1 Å². The predicted molar refractivity (Wildman–Crippen MR) is 135 cm³/mol. The van der Waals surface area contributed by atoms with Crippen LogP contribution in [0.15, 0.2) is 49.0 Å². The first kappa shape index (κ1) is 25.7. The molecule has 2 aromatic carbocycles. The molecule has 0 radical (unpaired) electrons. The molecule has 0 fully saturated rings. The van der Waals surface area contributed by atoms with Crippen molar-refractivity contribution in [3.05, 3.63) is 82.8 Å². The van der Waals surface area contributed by atoms with Crippen LogP contribution in [0.2, 0.25) is 0 Å². The summed E-state index contributed by atoms with van der Waals surface area (Å²) < 4.78 is 15.5. The van der Waals surface area contributed by atoms with Gasteiger partial charge in [0.25, 0.3) is 0 Å². The Kier molecular flexibility index (Phi) is 7.72. The number of amides is 1. The lowest BCUT2D eigenvalue weighted by Gasteiger charge is -2.24. The minimum atomic E-state index is -0.393. The molecule has 35 heavy (non-hydrogen) atoms. The number of likely N-dealkylation sites (N-methyl/N-ethyl adjacent to an activating group) is 1. The van der Waals surface area contributed by atoms with Gasteiger partial charge in [-0.05, 0) is 69.3 Å². The van der Waals surface area contributed by atoms with Gasteiger partial charge in [-0.3, -0.25) is 14.4 Å². The SMILES string of the molecule is C=C(N)c1c(-c2ccc(F)c(C)c2)nn2c1CN(C)CC2.CC(C)(NC=O)c1ccc(C#N)cc1. The number of nitrogens with one attached hydrogen (secondary N) is 1. The van der Waals surface area contributed by atoms with E-state index in [0.29, 0.717) is 23.2 Å². The summed E-state index contributed by atoms with van der Waals surface area (Å²) >= 11 is 0. The molecule has 8 heteroatoms. The molecule has 0 saturated carbocycles. The van der Waals surface area contributed by atoms with Gasteiger partial charge in [0.05, 0.1) is 29.4 Å². The van der Waals surface area contributed by atoms with Crippen molar-refractivity contribution in [3.63, 3.8) is 0 Å². The van der Waals surface area contributed by atoms with Crippen molar-refractivity contribution in [2.45, 2.75) is 39.4 Å². The van der Waals surface area contributed by atoms with E-state index in [1.807, 2.05) is 36.7 Å². The maximum atomic E-state index is 13.5. The summed E-state index contributed by atoms with van der Waals surface area (Å²) in [5.41, 5.74) is 11.9. The smallest absolute Gasteiger partial charge is 0.207 e. The zero-order chi connectivity index (χ0) is 25.8. The number of halogens is 1. The van der Waals surface area contributed by atoms with Gasteiger partial charge in [0.1, 0.15) is 11.5 Å². The topological polar surface area (TPSA) is 100.0 Å². The van der Waals surface area contributed by atoms with Gasteiger partial charge in [-0.2, -0.15) is 10.4 Å². The minimum absolute atomic E-state index is 0.212. The first-order valence-corrected chi connectivity index (χ1v) is 11.3. The number of aromatic nitrogens is 2.